The summed E-state index contributed by atoms with van der Waals surface area (Å²) in [5, 5.41) is 20.1. The lowest BCUT2D eigenvalue weighted by atomic mass is 10.0. The van der Waals surface area contributed by atoms with Crippen LogP contribution in [-0.2, 0) is 4.74 Å². The van der Waals surface area contributed by atoms with Gasteiger partial charge in [0, 0.05) is 12.6 Å². The van der Waals surface area contributed by atoms with Crippen LogP contribution in [0.15, 0.2) is 12.5 Å². The molecule has 9 nitrogen and oxygen atoms in total. The normalized spacial score (nSPS) is 28.3. The van der Waals surface area contributed by atoms with Crippen LogP contribution >= 0.6 is 0 Å². The molecule has 1 fully saturated rings. The number of amides is 1. The molecule has 2 aromatic heterocycles. The second kappa shape index (κ2) is 4.90. The lowest BCUT2D eigenvalue weighted by molar-refractivity contribution is -0.0852. The number of rotatable bonds is 3. The van der Waals surface area contributed by atoms with Crippen molar-refractivity contribution < 1.29 is 19.7 Å². The Morgan fingerprint density at radius 2 is 2.32 bits per heavy atom. The van der Waals surface area contributed by atoms with Gasteiger partial charge >= 0.3 is 0 Å². The number of nitrogens with two attached hydrogens (primary N) is 2. The van der Waals surface area contributed by atoms with Crippen molar-refractivity contribution in [3.8, 4) is 0 Å². The van der Waals surface area contributed by atoms with E-state index in [4.69, 9.17) is 16.2 Å². The van der Waals surface area contributed by atoms with Gasteiger partial charge in [-0.05, 0) is 6.92 Å². The first-order valence-corrected chi connectivity index (χ1v) is 6.74. The zero-order valence-electron chi connectivity index (χ0n) is 11.9. The van der Waals surface area contributed by atoms with E-state index < -0.39 is 23.8 Å². The summed E-state index contributed by atoms with van der Waals surface area (Å²) in [6, 6.07) is 0. The minimum absolute atomic E-state index is 0.119. The van der Waals surface area contributed by atoms with E-state index in [2.05, 4.69) is 9.97 Å². The number of carbonyl (C=O) groups is 1. The molecule has 6 N–H and O–H groups in total. The molecule has 0 saturated carbocycles. The first kappa shape index (κ1) is 14.7. The summed E-state index contributed by atoms with van der Waals surface area (Å²) in [5.74, 6) is -0.560. The number of ether oxygens (including phenoxy) is 1. The summed E-state index contributed by atoms with van der Waals surface area (Å²) in [6.45, 7) is 1.37. The number of carbonyl (C=O) groups excluding carboxylic acids is 1. The first-order valence-electron chi connectivity index (χ1n) is 6.74. The Kier molecular flexibility index (Phi) is 3.28. The molecule has 1 aliphatic rings. The van der Waals surface area contributed by atoms with Crippen LogP contribution in [-0.4, -0.2) is 49.0 Å². The SMILES string of the molecule is C[C@@]1(O)C[C@@H](CO)OC1n1cc(C(N)=O)c2c(N)ncnc21. The molecule has 3 atom stereocenters. The van der Waals surface area contributed by atoms with Crippen molar-refractivity contribution >= 4 is 22.8 Å². The van der Waals surface area contributed by atoms with Gasteiger partial charge in [-0.2, -0.15) is 0 Å². The predicted octanol–water partition coefficient (Wildman–Crippen LogP) is -0.857. The molecule has 0 aromatic carbocycles. The molecule has 118 valence electrons. The monoisotopic (exact) mass is 307 g/mol. The van der Waals surface area contributed by atoms with Crippen LogP contribution in [0.1, 0.15) is 29.9 Å². The maximum Gasteiger partial charge on any atom is 0.251 e. The topological polar surface area (TPSA) is 150 Å². The molecule has 1 unspecified atom stereocenters. The van der Waals surface area contributed by atoms with Gasteiger partial charge in [-0.25, -0.2) is 9.97 Å². The first-order chi connectivity index (χ1) is 10.3. The van der Waals surface area contributed by atoms with E-state index in [-0.39, 0.29) is 24.4 Å². The average Bonchev–Trinajstić information content (AvgIpc) is 2.97. The Hall–Kier alpha value is -2.23. The van der Waals surface area contributed by atoms with E-state index in [1.54, 1.807) is 6.92 Å². The summed E-state index contributed by atoms with van der Waals surface area (Å²) in [4.78, 5) is 19.6. The maximum atomic E-state index is 11.6. The van der Waals surface area contributed by atoms with E-state index in [1.165, 1.54) is 17.1 Å². The third-order valence-corrected chi connectivity index (χ3v) is 3.85. The standard InChI is InChI=1S/C13H17N5O4/c1-13(21)2-6(4-19)22-12(13)18-3-7(10(15)20)8-9(14)16-5-17-11(8)18/h3,5-6,12,19,21H,2,4H2,1H3,(H2,15,20)(H2,14,16,17)/t6-,12?,13+/m0/s1. The van der Waals surface area contributed by atoms with Gasteiger partial charge in [0.05, 0.1) is 23.7 Å². The third kappa shape index (κ3) is 2.10. The Bertz CT molecular complexity index is 741. The van der Waals surface area contributed by atoms with E-state index >= 15 is 0 Å². The number of aliphatic hydroxyl groups is 2. The fourth-order valence-electron chi connectivity index (χ4n) is 2.89. The number of nitrogens with zero attached hydrogens (tertiary/aromatic N) is 3. The highest BCUT2D eigenvalue weighted by Gasteiger charge is 2.45. The van der Waals surface area contributed by atoms with Crippen LogP contribution in [0.25, 0.3) is 11.0 Å². The van der Waals surface area contributed by atoms with Crippen molar-refractivity contribution in [3.05, 3.63) is 18.1 Å². The summed E-state index contributed by atoms with van der Waals surface area (Å²) < 4.78 is 7.17. The Morgan fingerprint density at radius 3 is 2.91 bits per heavy atom. The smallest absolute Gasteiger partial charge is 0.251 e. The number of aliphatic hydroxyl groups excluding tert-OH is 1. The number of anilines is 1. The van der Waals surface area contributed by atoms with Crippen LogP contribution < -0.4 is 11.5 Å². The molecule has 2 aromatic rings. The van der Waals surface area contributed by atoms with E-state index in [0.29, 0.717) is 11.0 Å². The minimum Gasteiger partial charge on any atom is -0.394 e. The lowest BCUT2D eigenvalue weighted by Gasteiger charge is -2.25. The van der Waals surface area contributed by atoms with Crippen LogP contribution in [0, 0.1) is 0 Å². The molecular weight excluding hydrogens is 290 g/mol. The molecule has 1 saturated heterocycles. The Labute approximate surface area is 125 Å². The molecule has 22 heavy (non-hydrogen) atoms. The fraction of sp³-hybridized carbons (Fsp3) is 0.462. The van der Waals surface area contributed by atoms with Crippen LogP contribution in [0.5, 0.6) is 0 Å². The highest BCUT2D eigenvalue weighted by Crippen LogP contribution is 2.40. The van der Waals surface area contributed by atoms with Crippen LogP contribution in [0.3, 0.4) is 0 Å². The lowest BCUT2D eigenvalue weighted by Crippen LogP contribution is -2.32. The summed E-state index contributed by atoms with van der Waals surface area (Å²) in [7, 11) is 0. The second-order valence-corrected chi connectivity index (χ2v) is 5.63. The van der Waals surface area contributed by atoms with Gasteiger partial charge in [0.2, 0.25) is 0 Å². The number of aromatic nitrogens is 3. The van der Waals surface area contributed by atoms with Gasteiger partial charge < -0.3 is 31.0 Å². The van der Waals surface area contributed by atoms with Crippen molar-refractivity contribution in [2.24, 2.45) is 5.73 Å². The number of hydrogen-bond donors (Lipinski definition) is 4. The third-order valence-electron chi connectivity index (χ3n) is 3.85. The largest absolute Gasteiger partial charge is 0.394 e. The number of hydrogen-bond acceptors (Lipinski definition) is 7. The molecule has 1 aliphatic heterocycles. The Balaban J connectivity index is 2.20. The van der Waals surface area contributed by atoms with Gasteiger partial charge in [0.15, 0.2) is 6.23 Å². The molecule has 0 bridgehead atoms. The van der Waals surface area contributed by atoms with Gasteiger partial charge in [-0.15, -0.1) is 0 Å². The molecular formula is C13H17N5O4. The predicted molar refractivity (Wildman–Crippen MR) is 76.7 cm³/mol. The van der Waals surface area contributed by atoms with Gasteiger partial charge in [-0.3, -0.25) is 4.79 Å². The Morgan fingerprint density at radius 1 is 1.59 bits per heavy atom. The number of primary amides is 1. The van der Waals surface area contributed by atoms with Gasteiger partial charge in [-0.1, -0.05) is 0 Å². The van der Waals surface area contributed by atoms with Gasteiger partial charge in [0.1, 0.15) is 23.4 Å². The fourth-order valence-corrected chi connectivity index (χ4v) is 2.89. The molecule has 3 rings (SSSR count). The van der Waals surface area contributed by atoms with Crippen molar-refractivity contribution in [1.82, 2.24) is 14.5 Å². The van der Waals surface area contributed by atoms with Crippen LogP contribution in [0.4, 0.5) is 5.82 Å². The van der Waals surface area contributed by atoms with Crippen molar-refractivity contribution in [1.29, 1.82) is 0 Å². The molecule has 0 radical (unpaired) electrons. The number of nitrogen functional groups attached to an aromatic ring is 1. The average molecular weight is 307 g/mol. The summed E-state index contributed by atoms with van der Waals surface area (Å²) >= 11 is 0. The highest BCUT2D eigenvalue weighted by atomic mass is 16.5. The molecule has 3 heterocycles. The molecule has 9 heteroatoms. The van der Waals surface area contributed by atoms with Crippen molar-refractivity contribution in [2.45, 2.75) is 31.3 Å². The van der Waals surface area contributed by atoms with E-state index in [1.807, 2.05) is 0 Å². The number of fused-ring (bicyclic) bond motifs is 1. The summed E-state index contributed by atoms with van der Waals surface area (Å²) in [5.41, 5.74) is 10.4. The van der Waals surface area contributed by atoms with Crippen molar-refractivity contribution in [2.75, 3.05) is 12.3 Å². The zero-order chi connectivity index (χ0) is 16.1. The molecule has 0 spiro atoms. The highest BCUT2D eigenvalue weighted by molar-refractivity contribution is 6.08. The van der Waals surface area contributed by atoms with Crippen LogP contribution in [0.2, 0.25) is 0 Å². The maximum absolute atomic E-state index is 11.6. The molecule has 1 amide bonds. The van der Waals surface area contributed by atoms with Crippen molar-refractivity contribution in [3.63, 3.8) is 0 Å². The second-order valence-electron chi connectivity index (χ2n) is 5.63. The summed E-state index contributed by atoms with van der Waals surface area (Å²) in [6.07, 6.45) is 1.62. The quantitative estimate of drug-likeness (QED) is 0.576. The zero-order valence-corrected chi connectivity index (χ0v) is 11.9. The van der Waals surface area contributed by atoms with Gasteiger partial charge in [0.25, 0.3) is 5.91 Å². The molecule has 0 aliphatic carbocycles. The minimum atomic E-state index is -1.24. The van der Waals surface area contributed by atoms with E-state index in [0.717, 1.165) is 0 Å². The van der Waals surface area contributed by atoms with E-state index in [9.17, 15) is 15.0 Å².